The Kier molecular flexibility index (Phi) is 4.17. The number of amides is 1. The molecule has 2 unspecified atom stereocenters. The number of hydrogen-bond donors (Lipinski definition) is 1. The third-order valence-corrected chi connectivity index (χ3v) is 5.66. The van der Waals surface area contributed by atoms with Gasteiger partial charge in [0.05, 0.1) is 17.7 Å². The predicted octanol–water partition coefficient (Wildman–Crippen LogP) is 2.58. The Hall–Kier alpha value is -2.83. The van der Waals surface area contributed by atoms with Crippen molar-refractivity contribution in [2.24, 2.45) is 11.3 Å². The van der Waals surface area contributed by atoms with Crippen LogP contribution in [0, 0.1) is 11.3 Å². The fraction of sp³-hybridized carbons (Fsp3) is 0.450. The first-order valence-electron chi connectivity index (χ1n) is 9.10. The van der Waals surface area contributed by atoms with Gasteiger partial charge in [-0.1, -0.05) is 37.2 Å². The molecule has 2 aliphatic rings. The van der Waals surface area contributed by atoms with Gasteiger partial charge in [-0.15, -0.1) is 0 Å². The van der Waals surface area contributed by atoms with Crippen LogP contribution >= 0.6 is 0 Å². The molecular formula is C20H22N2O5. The highest BCUT2D eigenvalue weighted by Gasteiger charge is 2.55. The average molecular weight is 370 g/mol. The van der Waals surface area contributed by atoms with Crippen LogP contribution in [0.2, 0.25) is 0 Å². The Balaban J connectivity index is 1.63. The Morgan fingerprint density at radius 3 is 2.81 bits per heavy atom. The number of nitrogens with zero attached hydrogens (tertiary/aromatic N) is 2. The molecule has 0 saturated carbocycles. The number of carbonyl (C=O) groups is 2. The standard InChI is InChI=1S/C20H22N2O5/c1-12(2)15-7-17(27-21-15)18(23)22-9-14-10-26-16-6-4-3-5-13(16)8-20(14,11-22)19(24)25/h3-7,12,14H,8-11H2,1-2H3,(H,24,25). The summed E-state index contributed by atoms with van der Waals surface area (Å²) in [7, 11) is 0. The van der Waals surface area contributed by atoms with E-state index in [4.69, 9.17) is 9.26 Å². The summed E-state index contributed by atoms with van der Waals surface area (Å²) in [4.78, 5) is 26.7. The van der Waals surface area contributed by atoms with Gasteiger partial charge in [0.2, 0.25) is 5.76 Å². The molecule has 7 heteroatoms. The first-order valence-corrected chi connectivity index (χ1v) is 9.10. The summed E-state index contributed by atoms with van der Waals surface area (Å²) >= 11 is 0. The minimum Gasteiger partial charge on any atom is -0.493 e. The molecule has 0 radical (unpaired) electrons. The highest BCUT2D eigenvalue weighted by Crippen LogP contribution is 2.44. The zero-order valence-electron chi connectivity index (χ0n) is 15.3. The quantitative estimate of drug-likeness (QED) is 0.893. The van der Waals surface area contributed by atoms with Crippen LogP contribution in [0.25, 0.3) is 0 Å². The maximum atomic E-state index is 12.9. The monoisotopic (exact) mass is 370 g/mol. The molecule has 1 fully saturated rings. The van der Waals surface area contributed by atoms with Gasteiger partial charge in [0.15, 0.2) is 0 Å². The zero-order valence-corrected chi connectivity index (χ0v) is 15.3. The molecule has 1 saturated heterocycles. The normalized spacial score (nSPS) is 24.1. The number of carbonyl (C=O) groups excluding carboxylic acids is 1. The second-order valence-electron chi connectivity index (χ2n) is 7.71. The van der Waals surface area contributed by atoms with E-state index < -0.39 is 11.4 Å². The van der Waals surface area contributed by atoms with E-state index in [1.807, 2.05) is 38.1 Å². The molecular weight excluding hydrogens is 348 g/mol. The molecule has 142 valence electrons. The highest BCUT2D eigenvalue weighted by molar-refractivity contribution is 5.92. The molecule has 1 aromatic carbocycles. The van der Waals surface area contributed by atoms with Gasteiger partial charge in [0.1, 0.15) is 5.75 Å². The van der Waals surface area contributed by atoms with E-state index in [0.717, 1.165) is 11.3 Å². The van der Waals surface area contributed by atoms with E-state index in [-0.39, 0.29) is 36.7 Å². The van der Waals surface area contributed by atoms with Gasteiger partial charge in [-0.3, -0.25) is 9.59 Å². The van der Waals surface area contributed by atoms with E-state index in [2.05, 4.69) is 5.16 Å². The molecule has 0 aliphatic carbocycles. The third kappa shape index (κ3) is 2.87. The minimum atomic E-state index is -1.07. The van der Waals surface area contributed by atoms with Crippen molar-refractivity contribution in [3.63, 3.8) is 0 Å². The second-order valence-corrected chi connectivity index (χ2v) is 7.71. The Bertz CT molecular complexity index is 890. The molecule has 0 bridgehead atoms. The lowest BCUT2D eigenvalue weighted by molar-refractivity contribution is -0.150. The number of fused-ring (bicyclic) bond motifs is 2. The number of aromatic nitrogens is 1. The Morgan fingerprint density at radius 1 is 1.33 bits per heavy atom. The van der Waals surface area contributed by atoms with E-state index in [1.54, 1.807) is 11.0 Å². The molecule has 1 aromatic heterocycles. The molecule has 2 aliphatic heterocycles. The third-order valence-electron chi connectivity index (χ3n) is 5.66. The fourth-order valence-corrected chi connectivity index (χ4v) is 4.00. The summed E-state index contributed by atoms with van der Waals surface area (Å²) in [6.45, 7) is 4.64. The fourth-order valence-electron chi connectivity index (χ4n) is 4.00. The van der Waals surface area contributed by atoms with Crippen LogP contribution in [0.1, 0.15) is 41.6 Å². The summed E-state index contributed by atoms with van der Waals surface area (Å²) in [5.41, 5.74) is 0.499. The number of carboxylic acids is 1. The lowest BCUT2D eigenvalue weighted by Gasteiger charge is -2.27. The molecule has 1 amide bonds. The maximum Gasteiger partial charge on any atom is 0.312 e. The summed E-state index contributed by atoms with van der Waals surface area (Å²) in [6.07, 6.45) is 0.334. The largest absolute Gasteiger partial charge is 0.493 e. The Morgan fingerprint density at radius 2 is 2.11 bits per heavy atom. The lowest BCUT2D eigenvalue weighted by atomic mass is 9.74. The van der Waals surface area contributed by atoms with Crippen LogP contribution < -0.4 is 4.74 Å². The molecule has 27 heavy (non-hydrogen) atoms. The number of aliphatic carboxylic acids is 1. The van der Waals surface area contributed by atoms with Gasteiger partial charge in [-0.25, -0.2) is 0 Å². The van der Waals surface area contributed by atoms with E-state index in [0.29, 0.717) is 18.7 Å². The van der Waals surface area contributed by atoms with Crippen LogP contribution in [0.5, 0.6) is 5.75 Å². The van der Waals surface area contributed by atoms with Gasteiger partial charge in [0.25, 0.3) is 5.91 Å². The maximum absolute atomic E-state index is 12.9. The van der Waals surface area contributed by atoms with Crippen molar-refractivity contribution in [1.29, 1.82) is 0 Å². The van der Waals surface area contributed by atoms with Crippen LogP contribution in [0.15, 0.2) is 34.9 Å². The SMILES string of the molecule is CC(C)c1cc(C(=O)N2CC3COc4ccccc4CC3(C(=O)O)C2)on1. The van der Waals surface area contributed by atoms with Gasteiger partial charge in [0, 0.05) is 25.1 Å². The van der Waals surface area contributed by atoms with Gasteiger partial charge in [-0.05, 0) is 24.0 Å². The van der Waals surface area contributed by atoms with Crippen molar-refractivity contribution in [3.05, 3.63) is 47.3 Å². The van der Waals surface area contributed by atoms with Gasteiger partial charge >= 0.3 is 5.97 Å². The molecule has 4 rings (SSSR count). The number of likely N-dealkylation sites (tertiary alicyclic amines) is 1. The van der Waals surface area contributed by atoms with E-state index in [1.165, 1.54) is 0 Å². The summed E-state index contributed by atoms with van der Waals surface area (Å²) in [5.74, 6) is -0.492. The predicted molar refractivity (Wildman–Crippen MR) is 95.7 cm³/mol. The molecule has 1 N–H and O–H groups in total. The van der Waals surface area contributed by atoms with Crippen molar-refractivity contribution in [3.8, 4) is 5.75 Å². The highest BCUT2D eigenvalue weighted by atomic mass is 16.5. The second kappa shape index (κ2) is 6.40. The number of para-hydroxylation sites is 1. The van der Waals surface area contributed by atoms with Crippen LogP contribution in [-0.4, -0.2) is 46.7 Å². The number of carboxylic acid groups (broad SMARTS) is 1. The van der Waals surface area contributed by atoms with Crippen LogP contribution in [0.3, 0.4) is 0 Å². The number of benzene rings is 1. The van der Waals surface area contributed by atoms with Crippen LogP contribution in [0.4, 0.5) is 0 Å². The Labute approximate surface area is 156 Å². The molecule has 2 atom stereocenters. The first kappa shape index (κ1) is 17.6. The molecule has 3 heterocycles. The van der Waals surface area contributed by atoms with E-state index in [9.17, 15) is 14.7 Å². The van der Waals surface area contributed by atoms with Crippen molar-refractivity contribution in [2.45, 2.75) is 26.2 Å². The summed E-state index contributed by atoms with van der Waals surface area (Å²) < 4.78 is 11.1. The topological polar surface area (TPSA) is 92.9 Å². The molecule has 2 aromatic rings. The number of rotatable bonds is 3. The smallest absolute Gasteiger partial charge is 0.312 e. The minimum absolute atomic E-state index is 0.126. The first-order chi connectivity index (χ1) is 12.9. The molecule has 0 spiro atoms. The van der Waals surface area contributed by atoms with Crippen LogP contribution in [-0.2, 0) is 11.2 Å². The average Bonchev–Trinajstić information content (AvgIpc) is 3.24. The summed E-state index contributed by atoms with van der Waals surface area (Å²) in [6, 6.07) is 9.13. The zero-order chi connectivity index (χ0) is 19.2. The summed E-state index contributed by atoms with van der Waals surface area (Å²) in [5, 5.41) is 14.0. The number of ether oxygens (including phenoxy) is 1. The van der Waals surface area contributed by atoms with E-state index >= 15 is 0 Å². The number of hydrogen-bond acceptors (Lipinski definition) is 5. The van der Waals surface area contributed by atoms with Gasteiger partial charge < -0.3 is 19.3 Å². The van der Waals surface area contributed by atoms with Crippen molar-refractivity contribution in [1.82, 2.24) is 10.1 Å². The van der Waals surface area contributed by atoms with Crippen molar-refractivity contribution in [2.75, 3.05) is 19.7 Å². The lowest BCUT2D eigenvalue weighted by Crippen LogP contribution is -2.42. The van der Waals surface area contributed by atoms with Crippen molar-refractivity contribution >= 4 is 11.9 Å². The van der Waals surface area contributed by atoms with Crippen molar-refractivity contribution < 1.29 is 24.0 Å². The van der Waals surface area contributed by atoms with Gasteiger partial charge in [-0.2, -0.15) is 0 Å². The molecule has 7 nitrogen and oxygen atoms in total.